The van der Waals surface area contributed by atoms with Gasteiger partial charge in [-0.2, -0.15) is 0 Å². The third-order valence-electron chi connectivity index (χ3n) is 4.38. The second-order valence-electron chi connectivity index (χ2n) is 5.96. The highest BCUT2D eigenvalue weighted by atomic mass is 32.1. The van der Waals surface area contributed by atoms with Gasteiger partial charge in [0, 0.05) is 4.88 Å². The van der Waals surface area contributed by atoms with Crippen LogP contribution in [0.2, 0.25) is 0 Å². The van der Waals surface area contributed by atoms with Gasteiger partial charge in [0.1, 0.15) is 5.01 Å². The molecular formula is C18H24N2S. The number of rotatable bonds is 4. The standard InChI is InChI=1S/C18H24N2S/c1-4-19-17(14-10-9-12(2)13(3)11-14)18-20-15-7-5-6-8-16(15)21-18/h9-11,17,19H,4-8H2,1-3H3. The van der Waals surface area contributed by atoms with Crippen LogP contribution in [-0.2, 0) is 12.8 Å². The molecule has 0 fully saturated rings. The highest BCUT2D eigenvalue weighted by Gasteiger charge is 2.22. The van der Waals surface area contributed by atoms with Crippen LogP contribution in [0.5, 0.6) is 0 Å². The van der Waals surface area contributed by atoms with Gasteiger partial charge in [0.25, 0.3) is 0 Å². The van der Waals surface area contributed by atoms with E-state index < -0.39 is 0 Å². The molecule has 0 bridgehead atoms. The Morgan fingerprint density at radius 3 is 2.71 bits per heavy atom. The molecule has 0 radical (unpaired) electrons. The van der Waals surface area contributed by atoms with E-state index >= 15 is 0 Å². The highest BCUT2D eigenvalue weighted by Crippen LogP contribution is 2.33. The Balaban J connectivity index is 1.96. The van der Waals surface area contributed by atoms with Crippen molar-refractivity contribution in [3.05, 3.63) is 50.5 Å². The van der Waals surface area contributed by atoms with E-state index in [0.29, 0.717) is 0 Å². The summed E-state index contributed by atoms with van der Waals surface area (Å²) in [7, 11) is 0. The first kappa shape index (κ1) is 14.7. The van der Waals surface area contributed by atoms with Crippen molar-refractivity contribution in [2.75, 3.05) is 6.54 Å². The first-order valence-corrected chi connectivity index (χ1v) is 8.79. The zero-order chi connectivity index (χ0) is 14.8. The lowest BCUT2D eigenvalue weighted by atomic mass is 10.0. The van der Waals surface area contributed by atoms with E-state index in [1.54, 1.807) is 0 Å². The minimum atomic E-state index is 0.241. The van der Waals surface area contributed by atoms with Crippen LogP contribution in [0.3, 0.4) is 0 Å². The van der Waals surface area contributed by atoms with Crippen LogP contribution in [0.1, 0.15) is 58.1 Å². The lowest BCUT2D eigenvalue weighted by molar-refractivity contribution is 0.620. The number of hydrogen-bond donors (Lipinski definition) is 1. The molecule has 2 nitrogen and oxygen atoms in total. The average Bonchev–Trinajstić information content (AvgIpc) is 2.91. The van der Waals surface area contributed by atoms with Crippen LogP contribution in [-0.4, -0.2) is 11.5 Å². The van der Waals surface area contributed by atoms with Crippen molar-refractivity contribution in [1.82, 2.24) is 10.3 Å². The molecular weight excluding hydrogens is 276 g/mol. The van der Waals surface area contributed by atoms with E-state index in [9.17, 15) is 0 Å². The molecule has 3 heteroatoms. The molecule has 1 unspecified atom stereocenters. The number of fused-ring (bicyclic) bond motifs is 1. The summed E-state index contributed by atoms with van der Waals surface area (Å²) >= 11 is 1.91. The zero-order valence-corrected chi connectivity index (χ0v) is 14.0. The average molecular weight is 300 g/mol. The Morgan fingerprint density at radius 2 is 2.00 bits per heavy atom. The summed E-state index contributed by atoms with van der Waals surface area (Å²) in [6.45, 7) is 7.49. The first-order valence-electron chi connectivity index (χ1n) is 7.98. The second-order valence-corrected chi connectivity index (χ2v) is 7.08. The van der Waals surface area contributed by atoms with E-state index in [4.69, 9.17) is 4.98 Å². The fourth-order valence-corrected chi connectivity index (χ4v) is 4.25. The van der Waals surface area contributed by atoms with Gasteiger partial charge in [-0.15, -0.1) is 11.3 Å². The molecule has 3 rings (SSSR count). The first-order chi connectivity index (χ1) is 10.2. The lowest BCUT2D eigenvalue weighted by Crippen LogP contribution is -2.22. The maximum absolute atomic E-state index is 4.95. The van der Waals surface area contributed by atoms with Gasteiger partial charge in [0.2, 0.25) is 0 Å². The molecule has 1 aromatic heterocycles. The van der Waals surface area contributed by atoms with Crippen LogP contribution in [0.15, 0.2) is 18.2 Å². The lowest BCUT2D eigenvalue weighted by Gasteiger charge is -2.17. The van der Waals surface area contributed by atoms with Crippen molar-refractivity contribution in [1.29, 1.82) is 0 Å². The number of aromatic nitrogens is 1. The van der Waals surface area contributed by atoms with Crippen LogP contribution >= 0.6 is 11.3 Å². The van der Waals surface area contributed by atoms with Gasteiger partial charge in [-0.3, -0.25) is 0 Å². The molecule has 0 saturated carbocycles. The van der Waals surface area contributed by atoms with E-state index in [2.05, 4.69) is 44.3 Å². The molecule has 1 heterocycles. The van der Waals surface area contributed by atoms with Crippen LogP contribution in [0, 0.1) is 13.8 Å². The molecule has 0 saturated heterocycles. The number of aryl methyl sites for hydroxylation is 4. The molecule has 1 atom stereocenters. The Morgan fingerprint density at radius 1 is 1.19 bits per heavy atom. The van der Waals surface area contributed by atoms with Gasteiger partial charge >= 0.3 is 0 Å². The maximum Gasteiger partial charge on any atom is 0.115 e. The van der Waals surface area contributed by atoms with Gasteiger partial charge < -0.3 is 5.32 Å². The minimum absolute atomic E-state index is 0.241. The van der Waals surface area contributed by atoms with Gasteiger partial charge in [-0.05, 0) is 62.8 Å². The molecule has 21 heavy (non-hydrogen) atoms. The number of thiazole rings is 1. The quantitative estimate of drug-likeness (QED) is 0.908. The summed E-state index contributed by atoms with van der Waals surface area (Å²) in [5.41, 5.74) is 5.41. The summed E-state index contributed by atoms with van der Waals surface area (Å²) in [6.07, 6.45) is 5.01. The normalized spacial score (nSPS) is 15.8. The molecule has 1 aliphatic carbocycles. The highest BCUT2D eigenvalue weighted by molar-refractivity contribution is 7.11. The summed E-state index contributed by atoms with van der Waals surface area (Å²) in [5, 5.41) is 4.86. The molecule has 112 valence electrons. The zero-order valence-electron chi connectivity index (χ0n) is 13.2. The maximum atomic E-state index is 4.95. The molecule has 1 aromatic carbocycles. The van der Waals surface area contributed by atoms with Crippen molar-refractivity contribution in [2.45, 2.75) is 52.5 Å². The summed E-state index contributed by atoms with van der Waals surface area (Å²) < 4.78 is 0. The second kappa shape index (κ2) is 6.29. The summed E-state index contributed by atoms with van der Waals surface area (Å²) in [6, 6.07) is 7.02. The van der Waals surface area contributed by atoms with E-state index in [-0.39, 0.29) is 6.04 Å². The monoisotopic (exact) mass is 300 g/mol. The van der Waals surface area contributed by atoms with Crippen molar-refractivity contribution < 1.29 is 0 Å². The molecule has 1 aliphatic rings. The van der Waals surface area contributed by atoms with E-state index in [1.165, 1.54) is 51.5 Å². The SMILES string of the molecule is CCNC(c1ccc(C)c(C)c1)c1nc2c(s1)CCCC2. The number of nitrogens with one attached hydrogen (secondary N) is 1. The number of nitrogens with zero attached hydrogens (tertiary/aromatic N) is 1. The van der Waals surface area contributed by atoms with Gasteiger partial charge in [-0.25, -0.2) is 4.98 Å². The van der Waals surface area contributed by atoms with Gasteiger partial charge in [0.15, 0.2) is 0 Å². The predicted octanol–water partition coefficient (Wildman–Crippen LogP) is 4.34. The number of benzene rings is 1. The fourth-order valence-electron chi connectivity index (χ4n) is 2.99. The minimum Gasteiger partial charge on any atom is -0.305 e. The summed E-state index contributed by atoms with van der Waals surface area (Å²) in [5.74, 6) is 0. The van der Waals surface area contributed by atoms with E-state index in [0.717, 1.165) is 13.0 Å². The molecule has 1 N–H and O–H groups in total. The smallest absolute Gasteiger partial charge is 0.115 e. The van der Waals surface area contributed by atoms with Gasteiger partial charge in [0.05, 0.1) is 11.7 Å². The molecule has 0 aliphatic heterocycles. The molecule has 0 amide bonds. The topological polar surface area (TPSA) is 24.9 Å². The Labute approximate surface area is 131 Å². The van der Waals surface area contributed by atoms with Crippen LogP contribution in [0.4, 0.5) is 0 Å². The molecule has 0 spiro atoms. The van der Waals surface area contributed by atoms with Crippen molar-refractivity contribution >= 4 is 11.3 Å². The Kier molecular flexibility index (Phi) is 4.41. The molecule has 2 aromatic rings. The predicted molar refractivity (Wildman–Crippen MR) is 90.2 cm³/mol. The summed E-state index contributed by atoms with van der Waals surface area (Å²) in [4.78, 5) is 6.47. The van der Waals surface area contributed by atoms with Crippen molar-refractivity contribution in [2.24, 2.45) is 0 Å². The third-order valence-corrected chi connectivity index (χ3v) is 5.60. The number of hydrogen-bond acceptors (Lipinski definition) is 3. The Bertz CT molecular complexity index is 607. The third kappa shape index (κ3) is 3.04. The van der Waals surface area contributed by atoms with Crippen molar-refractivity contribution in [3.63, 3.8) is 0 Å². The van der Waals surface area contributed by atoms with Gasteiger partial charge in [-0.1, -0.05) is 25.1 Å². The fraction of sp³-hybridized carbons (Fsp3) is 0.500. The van der Waals surface area contributed by atoms with Crippen LogP contribution < -0.4 is 5.32 Å². The van der Waals surface area contributed by atoms with Crippen molar-refractivity contribution in [3.8, 4) is 0 Å². The van der Waals surface area contributed by atoms with E-state index in [1.807, 2.05) is 11.3 Å². The van der Waals surface area contributed by atoms with Crippen LogP contribution in [0.25, 0.3) is 0 Å². The largest absolute Gasteiger partial charge is 0.305 e. The Hall–Kier alpha value is -1.19.